The fourth-order valence-electron chi connectivity index (χ4n) is 2.38. The highest BCUT2D eigenvalue weighted by Gasteiger charge is 2.30. The Balaban J connectivity index is 2.05. The zero-order valence-electron chi connectivity index (χ0n) is 12.4. The molecule has 1 aliphatic heterocycles. The van der Waals surface area contributed by atoms with Gasteiger partial charge in [-0.2, -0.15) is 17.0 Å². The number of methoxy groups -OCH3 is 1. The van der Waals surface area contributed by atoms with Crippen LogP contribution >= 0.6 is 0 Å². The Bertz CT molecular complexity index is 568. The summed E-state index contributed by atoms with van der Waals surface area (Å²) in [7, 11) is -0.337. The average molecular weight is 314 g/mol. The van der Waals surface area contributed by atoms with Gasteiger partial charge in [-0.3, -0.25) is 0 Å². The van der Waals surface area contributed by atoms with Gasteiger partial charge in [0.25, 0.3) is 10.2 Å². The summed E-state index contributed by atoms with van der Waals surface area (Å²) in [6.07, 6.45) is 0.596. The lowest BCUT2D eigenvalue weighted by atomic mass is 10.1. The smallest absolute Gasteiger partial charge is 0.282 e. The van der Waals surface area contributed by atoms with Crippen LogP contribution < -0.4 is 4.74 Å². The van der Waals surface area contributed by atoms with E-state index >= 15 is 0 Å². The molecule has 7 heteroatoms. The van der Waals surface area contributed by atoms with Gasteiger partial charge in [-0.05, 0) is 30.5 Å². The van der Waals surface area contributed by atoms with Crippen LogP contribution in [0, 0.1) is 0 Å². The Morgan fingerprint density at radius 1 is 1.38 bits per heavy atom. The van der Waals surface area contributed by atoms with Gasteiger partial charge in [-0.25, -0.2) is 0 Å². The van der Waals surface area contributed by atoms with E-state index in [9.17, 15) is 13.5 Å². The van der Waals surface area contributed by atoms with E-state index in [4.69, 9.17) is 4.74 Å². The van der Waals surface area contributed by atoms with Crippen molar-refractivity contribution in [1.82, 2.24) is 8.61 Å². The third-order valence-electron chi connectivity index (χ3n) is 3.68. The molecular weight excluding hydrogens is 292 g/mol. The van der Waals surface area contributed by atoms with Crippen molar-refractivity contribution >= 4 is 10.2 Å². The minimum atomic E-state index is -3.49. The third-order valence-corrected chi connectivity index (χ3v) is 5.62. The second-order valence-electron chi connectivity index (χ2n) is 5.25. The van der Waals surface area contributed by atoms with E-state index in [1.165, 1.54) is 8.61 Å². The molecule has 0 aromatic heterocycles. The van der Waals surface area contributed by atoms with Gasteiger partial charge < -0.3 is 9.84 Å². The van der Waals surface area contributed by atoms with Crippen molar-refractivity contribution < 1.29 is 18.3 Å². The predicted molar refractivity (Wildman–Crippen MR) is 80.2 cm³/mol. The summed E-state index contributed by atoms with van der Waals surface area (Å²) in [5.41, 5.74) is 0.873. The van der Waals surface area contributed by atoms with E-state index < -0.39 is 10.2 Å². The van der Waals surface area contributed by atoms with Crippen molar-refractivity contribution in [2.24, 2.45) is 0 Å². The van der Waals surface area contributed by atoms with Gasteiger partial charge in [-0.1, -0.05) is 12.1 Å². The molecule has 0 saturated carbocycles. The lowest BCUT2D eigenvalue weighted by Crippen LogP contribution is -2.46. The van der Waals surface area contributed by atoms with E-state index in [-0.39, 0.29) is 6.10 Å². The molecule has 1 heterocycles. The summed E-state index contributed by atoms with van der Waals surface area (Å²) in [5.74, 6) is 0.708. The highest BCUT2D eigenvalue weighted by Crippen LogP contribution is 2.19. The highest BCUT2D eigenvalue weighted by molar-refractivity contribution is 7.86. The van der Waals surface area contributed by atoms with Crippen LogP contribution in [-0.2, 0) is 16.8 Å². The zero-order valence-corrected chi connectivity index (χ0v) is 13.2. The minimum Gasteiger partial charge on any atom is -0.497 e. The first-order chi connectivity index (χ1) is 9.93. The first kappa shape index (κ1) is 16.2. The Kier molecular flexibility index (Phi) is 5.21. The summed E-state index contributed by atoms with van der Waals surface area (Å²) in [6.45, 7) is 1.02. The predicted octanol–water partition coefficient (Wildman–Crippen LogP) is 0.828. The van der Waals surface area contributed by atoms with Crippen LogP contribution in [0.2, 0.25) is 0 Å². The van der Waals surface area contributed by atoms with E-state index in [2.05, 4.69) is 0 Å². The molecule has 0 aliphatic carbocycles. The second-order valence-corrected chi connectivity index (χ2v) is 7.28. The van der Waals surface area contributed by atoms with Crippen LogP contribution in [-0.4, -0.2) is 55.5 Å². The number of hydrogen-bond acceptors (Lipinski definition) is 4. The molecule has 1 aromatic rings. The van der Waals surface area contributed by atoms with Crippen LogP contribution in [0.1, 0.15) is 18.4 Å². The lowest BCUT2D eigenvalue weighted by Gasteiger charge is -2.32. The number of aliphatic hydroxyl groups excluding tert-OH is 1. The molecule has 21 heavy (non-hydrogen) atoms. The molecule has 1 saturated heterocycles. The standard InChI is InChI=1S/C14H22N2O4S/c1-15(11-12-4-3-5-14(10-12)20-2)21(18,19)16-8-6-13(17)7-9-16/h3-5,10,13,17H,6-9,11H2,1-2H3. The molecule has 1 fully saturated rings. The molecule has 0 amide bonds. The van der Waals surface area contributed by atoms with Gasteiger partial charge >= 0.3 is 0 Å². The fourth-order valence-corrected chi connectivity index (χ4v) is 3.76. The largest absolute Gasteiger partial charge is 0.497 e. The van der Waals surface area contributed by atoms with Crippen LogP contribution in [0.3, 0.4) is 0 Å². The lowest BCUT2D eigenvalue weighted by molar-refractivity contribution is 0.111. The maximum absolute atomic E-state index is 12.5. The molecular formula is C14H22N2O4S. The van der Waals surface area contributed by atoms with E-state index in [1.807, 2.05) is 24.3 Å². The van der Waals surface area contributed by atoms with Gasteiger partial charge in [0.1, 0.15) is 5.75 Å². The normalized spacial score (nSPS) is 18.1. The number of nitrogens with zero attached hydrogens (tertiary/aromatic N) is 2. The maximum atomic E-state index is 12.5. The first-order valence-corrected chi connectivity index (χ1v) is 8.35. The Morgan fingerprint density at radius 3 is 2.67 bits per heavy atom. The Labute approximate surface area is 126 Å². The van der Waals surface area contributed by atoms with Crippen molar-refractivity contribution in [2.45, 2.75) is 25.5 Å². The second kappa shape index (κ2) is 6.74. The zero-order chi connectivity index (χ0) is 15.5. The van der Waals surface area contributed by atoms with E-state index in [0.29, 0.717) is 38.2 Å². The summed E-state index contributed by atoms with van der Waals surface area (Å²) < 4.78 is 32.9. The number of ether oxygens (including phenoxy) is 1. The van der Waals surface area contributed by atoms with E-state index in [1.54, 1.807) is 14.2 Å². The molecule has 0 bridgehead atoms. The quantitative estimate of drug-likeness (QED) is 0.874. The molecule has 1 aliphatic rings. The van der Waals surface area contributed by atoms with Crippen molar-refractivity contribution in [3.8, 4) is 5.75 Å². The topological polar surface area (TPSA) is 70.1 Å². The van der Waals surface area contributed by atoms with Crippen molar-refractivity contribution in [3.63, 3.8) is 0 Å². The van der Waals surface area contributed by atoms with Gasteiger partial charge in [0, 0.05) is 26.7 Å². The summed E-state index contributed by atoms with van der Waals surface area (Å²) in [5, 5.41) is 9.48. The van der Waals surface area contributed by atoms with Crippen molar-refractivity contribution in [3.05, 3.63) is 29.8 Å². The fraction of sp³-hybridized carbons (Fsp3) is 0.571. The molecule has 1 aromatic carbocycles. The van der Waals surface area contributed by atoms with Crippen molar-refractivity contribution in [1.29, 1.82) is 0 Å². The molecule has 0 radical (unpaired) electrons. The Hall–Kier alpha value is -1.15. The number of rotatable bonds is 5. The van der Waals surface area contributed by atoms with Crippen LogP contribution in [0.5, 0.6) is 5.75 Å². The Morgan fingerprint density at radius 2 is 2.05 bits per heavy atom. The van der Waals surface area contributed by atoms with Crippen LogP contribution in [0.25, 0.3) is 0 Å². The molecule has 0 atom stereocenters. The van der Waals surface area contributed by atoms with Gasteiger partial charge in [0.15, 0.2) is 0 Å². The minimum absolute atomic E-state index is 0.290. The number of hydrogen-bond donors (Lipinski definition) is 1. The molecule has 118 valence electrons. The van der Waals surface area contributed by atoms with Crippen LogP contribution in [0.15, 0.2) is 24.3 Å². The number of piperidine rings is 1. The maximum Gasteiger partial charge on any atom is 0.282 e. The first-order valence-electron chi connectivity index (χ1n) is 6.96. The molecule has 2 rings (SSSR count). The third kappa shape index (κ3) is 3.94. The summed E-state index contributed by atoms with van der Waals surface area (Å²) >= 11 is 0. The summed E-state index contributed by atoms with van der Waals surface area (Å²) in [6, 6.07) is 7.36. The van der Waals surface area contributed by atoms with Gasteiger partial charge in [0.2, 0.25) is 0 Å². The number of aliphatic hydroxyl groups is 1. The van der Waals surface area contributed by atoms with Gasteiger partial charge in [-0.15, -0.1) is 0 Å². The van der Waals surface area contributed by atoms with Gasteiger partial charge in [0.05, 0.1) is 13.2 Å². The van der Waals surface area contributed by atoms with E-state index in [0.717, 1.165) is 5.56 Å². The molecule has 6 nitrogen and oxygen atoms in total. The molecule has 1 N–H and O–H groups in total. The SMILES string of the molecule is COc1cccc(CN(C)S(=O)(=O)N2CCC(O)CC2)c1. The monoisotopic (exact) mass is 314 g/mol. The molecule has 0 spiro atoms. The average Bonchev–Trinajstić information content (AvgIpc) is 2.48. The highest BCUT2D eigenvalue weighted by atomic mass is 32.2. The number of benzene rings is 1. The molecule has 0 unspecified atom stereocenters. The van der Waals surface area contributed by atoms with Crippen molar-refractivity contribution in [2.75, 3.05) is 27.2 Å². The summed E-state index contributed by atoms with van der Waals surface area (Å²) in [4.78, 5) is 0. The van der Waals surface area contributed by atoms with Crippen LogP contribution in [0.4, 0.5) is 0 Å².